The zero-order valence-electron chi connectivity index (χ0n) is 16.9. The van der Waals surface area contributed by atoms with Crippen molar-refractivity contribution in [3.63, 3.8) is 0 Å². The molecular weight excluding hydrogens is 427 g/mol. The normalized spacial score (nSPS) is 11.2. The Hall–Kier alpha value is -4.02. The molecule has 0 atom stereocenters. The Morgan fingerprint density at radius 2 is 1.72 bits per heavy atom. The Kier molecular flexibility index (Phi) is 6.37. The Morgan fingerprint density at radius 3 is 2.38 bits per heavy atom. The van der Waals surface area contributed by atoms with E-state index in [9.17, 15) is 27.6 Å². The van der Waals surface area contributed by atoms with E-state index in [-0.39, 0.29) is 18.1 Å². The number of likely N-dealkylation sites (N-methyl/N-ethyl adjacent to an activating group) is 1. The van der Waals surface area contributed by atoms with Crippen LogP contribution in [0.15, 0.2) is 64.2 Å². The summed E-state index contributed by atoms with van der Waals surface area (Å²) in [4.78, 5) is 40.3. The smallest absolute Gasteiger partial charge is 0.383 e. The van der Waals surface area contributed by atoms with Crippen LogP contribution >= 0.6 is 0 Å². The van der Waals surface area contributed by atoms with Crippen LogP contribution in [0.3, 0.4) is 0 Å². The third-order valence-electron chi connectivity index (χ3n) is 4.67. The van der Waals surface area contributed by atoms with Crippen LogP contribution in [0.4, 0.5) is 30.4 Å². The fourth-order valence-corrected chi connectivity index (χ4v) is 3.19. The molecule has 0 saturated carbocycles. The van der Waals surface area contributed by atoms with Crippen molar-refractivity contribution in [2.75, 3.05) is 29.5 Å². The molecular formula is C21H20F3N5O3. The van der Waals surface area contributed by atoms with Crippen molar-refractivity contribution in [3.05, 3.63) is 86.6 Å². The third-order valence-corrected chi connectivity index (χ3v) is 4.67. The number of nitrogens with two attached hydrogens (primary N) is 1. The molecule has 0 aliphatic rings. The summed E-state index contributed by atoms with van der Waals surface area (Å²) in [5, 5.41) is 2.20. The molecule has 4 N–H and O–H groups in total. The molecule has 0 bridgehead atoms. The lowest BCUT2D eigenvalue weighted by Crippen LogP contribution is -2.40. The molecule has 0 aliphatic heterocycles. The number of aromatic nitrogens is 2. The van der Waals surface area contributed by atoms with Gasteiger partial charge in [-0.1, -0.05) is 42.5 Å². The van der Waals surface area contributed by atoms with Crippen LogP contribution in [0.25, 0.3) is 0 Å². The van der Waals surface area contributed by atoms with Gasteiger partial charge in [0.25, 0.3) is 5.56 Å². The number of H-pyrrole nitrogens is 1. The summed E-state index contributed by atoms with van der Waals surface area (Å²) in [7, 11) is 1.37. The second-order valence-corrected chi connectivity index (χ2v) is 7.01. The van der Waals surface area contributed by atoms with Crippen molar-refractivity contribution in [2.45, 2.75) is 12.7 Å². The zero-order chi connectivity index (χ0) is 23.5. The van der Waals surface area contributed by atoms with E-state index in [1.807, 2.05) is 0 Å². The number of carbonyl (C=O) groups excluding carboxylic acids is 1. The van der Waals surface area contributed by atoms with Crippen LogP contribution in [0.5, 0.6) is 0 Å². The van der Waals surface area contributed by atoms with Gasteiger partial charge in [0, 0.05) is 7.05 Å². The average molecular weight is 447 g/mol. The van der Waals surface area contributed by atoms with Gasteiger partial charge in [0.2, 0.25) is 5.91 Å². The highest BCUT2D eigenvalue weighted by molar-refractivity contribution is 5.95. The molecule has 0 aliphatic carbocycles. The topological polar surface area (TPSA) is 113 Å². The second-order valence-electron chi connectivity index (χ2n) is 7.01. The number of hydrogen-bond acceptors (Lipinski definition) is 5. The lowest BCUT2D eigenvalue weighted by atomic mass is 10.1. The molecule has 0 unspecified atom stereocenters. The van der Waals surface area contributed by atoms with Gasteiger partial charge in [-0.2, -0.15) is 13.2 Å². The maximum atomic E-state index is 13.1. The van der Waals surface area contributed by atoms with Crippen LogP contribution in [0.2, 0.25) is 0 Å². The van der Waals surface area contributed by atoms with Crippen molar-refractivity contribution in [3.8, 4) is 0 Å². The first-order valence-corrected chi connectivity index (χ1v) is 9.41. The molecule has 1 heterocycles. The quantitative estimate of drug-likeness (QED) is 0.537. The lowest BCUT2D eigenvalue weighted by Gasteiger charge is -2.22. The molecule has 168 valence electrons. The van der Waals surface area contributed by atoms with Crippen LogP contribution in [0, 0.1) is 0 Å². The predicted octanol–water partition coefficient (Wildman–Crippen LogP) is 2.26. The number of para-hydroxylation sites is 1. The largest absolute Gasteiger partial charge is 0.418 e. The summed E-state index contributed by atoms with van der Waals surface area (Å²) >= 11 is 0. The van der Waals surface area contributed by atoms with Gasteiger partial charge in [-0.05, 0) is 17.7 Å². The summed E-state index contributed by atoms with van der Waals surface area (Å²) in [6.45, 7) is -0.405. The third kappa shape index (κ3) is 4.99. The highest BCUT2D eigenvalue weighted by Gasteiger charge is 2.33. The Morgan fingerprint density at radius 1 is 1.09 bits per heavy atom. The number of halogens is 3. The van der Waals surface area contributed by atoms with E-state index in [1.165, 1.54) is 24.1 Å². The van der Waals surface area contributed by atoms with Crippen molar-refractivity contribution >= 4 is 23.1 Å². The highest BCUT2D eigenvalue weighted by Crippen LogP contribution is 2.34. The number of alkyl halides is 3. The van der Waals surface area contributed by atoms with Gasteiger partial charge >= 0.3 is 11.9 Å². The SMILES string of the molecule is CN(CC(=O)Nc1ccccc1C(F)(F)F)c1c(N)n(Cc2ccccc2)c(=O)[nH]c1=O. The van der Waals surface area contributed by atoms with Crippen molar-refractivity contribution < 1.29 is 18.0 Å². The number of anilines is 3. The number of nitrogens with one attached hydrogen (secondary N) is 2. The number of benzene rings is 2. The van der Waals surface area contributed by atoms with E-state index in [2.05, 4.69) is 10.3 Å². The van der Waals surface area contributed by atoms with Gasteiger partial charge in [-0.3, -0.25) is 19.1 Å². The molecule has 3 aromatic rings. The molecule has 0 fully saturated rings. The molecule has 1 aromatic heterocycles. The van der Waals surface area contributed by atoms with Gasteiger partial charge in [-0.15, -0.1) is 0 Å². The molecule has 1 amide bonds. The number of carbonyl (C=O) groups is 1. The van der Waals surface area contributed by atoms with Crippen molar-refractivity contribution in [1.82, 2.24) is 9.55 Å². The number of nitrogens with zero attached hydrogens (tertiary/aromatic N) is 2. The fourth-order valence-electron chi connectivity index (χ4n) is 3.19. The second kappa shape index (κ2) is 9.00. The molecule has 32 heavy (non-hydrogen) atoms. The van der Waals surface area contributed by atoms with Gasteiger partial charge in [-0.25, -0.2) is 4.79 Å². The van der Waals surface area contributed by atoms with Gasteiger partial charge in [0.15, 0.2) is 0 Å². The molecule has 8 nitrogen and oxygen atoms in total. The zero-order valence-corrected chi connectivity index (χ0v) is 16.9. The minimum atomic E-state index is -4.65. The van der Waals surface area contributed by atoms with Gasteiger partial charge in [0.1, 0.15) is 11.5 Å². The first kappa shape index (κ1) is 22.7. The minimum absolute atomic E-state index is 0.0777. The van der Waals surface area contributed by atoms with Crippen LogP contribution in [0.1, 0.15) is 11.1 Å². The first-order chi connectivity index (χ1) is 15.1. The fraction of sp³-hybridized carbons (Fsp3) is 0.190. The minimum Gasteiger partial charge on any atom is -0.383 e. The Balaban J connectivity index is 1.85. The predicted molar refractivity (Wildman–Crippen MR) is 115 cm³/mol. The number of aromatic amines is 1. The van der Waals surface area contributed by atoms with E-state index < -0.39 is 41.1 Å². The maximum absolute atomic E-state index is 13.1. The summed E-state index contributed by atoms with van der Waals surface area (Å²) in [6, 6.07) is 13.4. The van der Waals surface area contributed by atoms with E-state index in [0.29, 0.717) is 0 Å². The summed E-state index contributed by atoms with van der Waals surface area (Å²) < 4.78 is 40.6. The molecule has 0 radical (unpaired) electrons. The maximum Gasteiger partial charge on any atom is 0.418 e. The molecule has 0 spiro atoms. The van der Waals surface area contributed by atoms with Crippen molar-refractivity contribution in [2.24, 2.45) is 0 Å². The number of rotatable bonds is 6. The van der Waals surface area contributed by atoms with Crippen molar-refractivity contribution in [1.29, 1.82) is 0 Å². The molecule has 0 saturated heterocycles. The van der Waals surface area contributed by atoms with E-state index in [0.717, 1.165) is 22.3 Å². The van der Waals surface area contributed by atoms with E-state index in [4.69, 9.17) is 5.73 Å². The summed E-state index contributed by atoms with van der Waals surface area (Å²) in [5.74, 6) is -0.975. The number of hydrogen-bond donors (Lipinski definition) is 3. The summed E-state index contributed by atoms with van der Waals surface area (Å²) in [6.07, 6.45) is -4.65. The highest BCUT2D eigenvalue weighted by atomic mass is 19.4. The van der Waals surface area contributed by atoms with Gasteiger partial charge in [0.05, 0.1) is 24.3 Å². The molecule has 11 heteroatoms. The van der Waals surface area contributed by atoms with Gasteiger partial charge < -0.3 is 16.0 Å². The van der Waals surface area contributed by atoms with E-state index >= 15 is 0 Å². The first-order valence-electron chi connectivity index (χ1n) is 9.41. The Labute approximate surface area is 180 Å². The monoisotopic (exact) mass is 447 g/mol. The Bertz CT molecular complexity index is 1240. The van der Waals surface area contributed by atoms with E-state index in [1.54, 1.807) is 30.3 Å². The number of nitrogen functional groups attached to an aromatic ring is 1. The molecule has 2 aromatic carbocycles. The number of amides is 1. The van der Waals surface area contributed by atoms with Crippen LogP contribution < -0.4 is 27.2 Å². The van der Waals surface area contributed by atoms with Crippen LogP contribution in [-0.4, -0.2) is 29.1 Å². The average Bonchev–Trinajstić information content (AvgIpc) is 2.71. The summed E-state index contributed by atoms with van der Waals surface area (Å²) in [5.41, 5.74) is 3.72. The lowest BCUT2D eigenvalue weighted by molar-refractivity contribution is -0.137. The van der Waals surface area contributed by atoms with Crippen LogP contribution in [-0.2, 0) is 17.5 Å². The standard InChI is InChI=1S/C21H20F3N5O3/c1-28(12-16(30)26-15-10-6-5-9-14(15)21(22,23)24)17-18(25)29(20(32)27-19(17)31)11-13-7-3-2-4-8-13/h2-10H,11-12,25H2,1H3,(H,26,30)(H,27,31,32). The molecule has 3 rings (SSSR count).